The summed E-state index contributed by atoms with van der Waals surface area (Å²) in [5.74, 6) is 0.959. The van der Waals surface area contributed by atoms with Crippen molar-refractivity contribution < 1.29 is 5.11 Å². The lowest BCUT2D eigenvalue weighted by Gasteiger charge is -2.47. The number of nitrogens with zero attached hydrogens (tertiary/aromatic N) is 2. The van der Waals surface area contributed by atoms with Crippen molar-refractivity contribution in [3.8, 4) is 0 Å². The van der Waals surface area contributed by atoms with Crippen LogP contribution in [0.1, 0.15) is 42.8 Å². The van der Waals surface area contributed by atoms with E-state index in [2.05, 4.69) is 9.88 Å². The summed E-state index contributed by atoms with van der Waals surface area (Å²) in [6.07, 6.45) is 5.56. The van der Waals surface area contributed by atoms with Crippen LogP contribution in [0.5, 0.6) is 0 Å². The van der Waals surface area contributed by atoms with Gasteiger partial charge in [0.1, 0.15) is 5.01 Å². The highest BCUT2D eigenvalue weighted by molar-refractivity contribution is 7.09. The number of aliphatic hydroxyl groups is 1. The Morgan fingerprint density at radius 1 is 1.47 bits per heavy atom. The second kappa shape index (κ2) is 5.68. The molecule has 2 unspecified atom stereocenters. The normalized spacial score (nSPS) is 32.2. The zero-order chi connectivity index (χ0) is 13.3. The lowest BCUT2D eigenvalue weighted by molar-refractivity contribution is -0.0967. The minimum atomic E-state index is -0.376. The monoisotopic (exact) mass is 300 g/mol. The summed E-state index contributed by atoms with van der Waals surface area (Å²) in [7, 11) is 0. The summed E-state index contributed by atoms with van der Waals surface area (Å²) < 4.78 is 0. The molecule has 1 aromatic rings. The molecule has 1 saturated heterocycles. The van der Waals surface area contributed by atoms with Crippen molar-refractivity contribution in [1.29, 1.82) is 0 Å². The molecule has 2 fully saturated rings. The molecule has 1 N–H and O–H groups in total. The van der Waals surface area contributed by atoms with Gasteiger partial charge >= 0.3 is 0 Å². The van der Waals surface area contributed by atoms with Crippen molar-refractivity contribution in [2.75, 3.05) is 13.1 Å². The van der Waals surface area contributed by atoms with E-state index in [0.717, 1.165) is 43.2 Å². The van der Waals surface area contributed by atoms with E-state index in [1.54, 1.807) is 11.3 Å². The zero-order valence-electron chi connectivity index (χ0n) is 11.1. The van der Waals surface area contributed by atoms with Gasteiger partial charge in [0.15, 0.2) is 0 Å². The topological polar surface area (TPSA) is 36.4 Å². The molecule has 106 valence electrons. The van der Waals surface area contributed by atoms with Crippen LogP contribution in [0.25, 0.3) is 0 Å². The molecule has 3 rings (SSSR count). The molecular formula is C14H21ClN2OS. The van der Waals surface area contributed by atoms with E-state index in [0.29, 0.717) is 11.8 Å². The van der Waals surface area contributed by atoms with Gasteiger partial charge in [-0.15, -0.1) is 22.9 Å². The third-order valence-corrected chi connectivity index (χ3v) is 5.76. The van der Waals surface area contributed by atoms with Crippen molar-refractivity contribution >= 4 is 22.9 Å². The summed E-state index contributed by atoms with van der Waals surface area (Å²) in [5, 5.41) is 13.9. The number of fused-ring (bicyclic) bond motifs is 1. The molecule has 0 bridgehead atoms. The molecule has 1 aromatic heterocycles. The Kier molecular flexibility index (Phi) is 4.13. The van der Waals surface area contributed by atoms with Crippen LogP contribution in [-0.2, 0) is 12.4 Å². The quantitative estimate of drug-likeness (QED) is 0.872. The smallest absolute Gasteiger partial charge is 0.107 e. The standard InChI is InChI=1S/C14H21ClN2OS/c15-7-12-10-19-13(16-12)9-17-6-5-14(18)4-2-1-3-11(14)8-17/h10-11,18H,1-9H2. The second-order valence-corrected chi connectivity index (χ2v) is 7.11. The van der Waals surface area contributed by atoms with Gasteiger partial charge in [-0.05, 0) is 19.3 Å². The fraction of sp³-hybridized carbons (Fsp3) is 0.786. The highest BCUT2D eigenvalue weighted by Gasteiger charge is 2.42. The first kappa shape index (κ1) is 13.8. The Morgan fingerprint density at radius 2 is 2.37 bits per heavy atom. The van der Waals surface area contributed by atoms with Crippen LogP contribution in [0, 0.1) is 5.92 Å². The summed E-state index contributed by atoms with van der Waals surface area (Å²) in [6, 6.07) is 0. The summed E-state index contributed by atoms with van der Waals surface area (Å²) in [6.45, 7) is 2.92. The van der Waals surface area contributed by atoms with Crippen LogP contribution in [0.15, 0.2) is 5.38 Å². The molecule has 5 heteroatoms. The highest BCUT2D eigenvalue weighted by Crippen LogP contribution is 2.40. The first-order valence-electron chi connectivity index (χ1n) is 7.13. The Hall–Kier alpha value is -0.160. The van der Waals surface area contributed by atoms with Crippen molar-refractivity contribution in [1.82, 2.24) is 9.88 Å². The maximum atomic E-state index is 10.7. The van der Waals surface area contributed by atoms with E-state index in [1.165, 1.54) is 19.3 Å². The fourth-order valence-electron chi connectivity index (χ4n) is 3.46. The lowest BCUT2D eigenvalue weighted by Crippen LogP contribution is -2.52. The first-order valence-corrected chi connectivity index (χ1v) is 8.55. The molecule has 0 radical (unpaired) electrons. The molecule has 0 amide bonds. The van der Waals surface area contributed by atoms with Gasteiger partial charge in [-0.1, -0.05) is 12.8 Å². The van der Waals surface area contributed by atoms with Gasteiger partial charge < -0.3 is 5.11 Å². The minimum absolute atomic E-state index is 0.376. The molecule has 1 saturated carbocycles. The van der Waals surface area contributed by atoms with Crippen molar-refractivity contribution in [3.63, 3.8) is 0 Å². The van der Waals surface area contributed by atoms with Gasteiger partial charge in [0, 0.05) is 24.4 Å². The Morgan fingerprint density at radius 3 is 3.16 bits per heavy atom. The minimum Gasteiger partial charge on any atom is -0.390 e. The molecule has 3 nitrogen and oxygen atoms in total. The SMILES string of the molecule is OC12CCCCC1CN(Cc1nc(CCl)cs1)CC2. The summed E-state index contributed by atoms with van der Waals surface area (Å²) >= 11 is 7.49. The maximum absolute atomic E-state index is 10.7. The van der Waals surface area contributed by atoms with Crippen LogP contribution in [0.4, 0.5) is 0 Å². The van der Waals surface area contributed by atoms with Gasteiger partial charge in [-0.2, -0.15) is 0 Å². The third kappa shape index (κ3) is 2.97. The van der Waals surface area contributed by atoms with Crippen molar-refractivity contribution in [3.05, 3.63) is 16.1 Å². The number of rotatable bonds is 3. The van der Waals surface area contributed by atoms with Gasteiger partial charge in [0.2, 0.25) is 0 Å². The van der Waals surface area contributed by atoms with E-state index in [9.17, 15) is 5.11 Å². The number of halogens is 1. The molecule has 0 spiro atoms. The molecule has 2 aliphatic rings. The van der Waals surface area contributed by atoms with E-state index in [4.69, 9.17) is 11.6 Å². The van der Waals surface area contributed by atoms with E-state index < -0.39 is 0 Å². The second-order valence-electron chi connectivity index (χ2n) is 5.90. The molecular weight excluding hydrogens is 280 g/mol. The lowest BCUT2D eigenvalue weighted by atomic mass is 9.71. The van der Waals surface area contributed by atoms with E-state index in [-0.39, 0.29) is 5.60 Å². The molecule has 2 heterocycles. The average molecular weight is 301 g/mol. The van der Waals surface area contributed by atoms with E-state index in [1.807, 2.05) is 5.38 Å². The number of likely N-dealkylation sites (tertiary alicyclic amines) is 1. The molecule has 1 aliphatic carbocycles. The number of thiazole rings is 1. The van der Waals surface area contributed by atoms with Crippen LogP contribution in [-0.4, -0.2) is 33.7 Å². The number of piperidine rings is 1. The highest BCUT2D eigenvalue weighted by atomic mass is 35.5. The maximum Gasteiger partial charge on any atom is 0.107 e. The number of aromatic nitrogens is 1. The number of hydrogen-bond acceptors (Lipinski definition) is 4. The Labute approximate surface area is 123 Å². The molecule has 19 heavy (non-hydrogen) atoms. The zero-order valence-corrected chi connectivity index (χ0v) is 12.7. The fourth-order valence-corrected chi connectivity index (χ4v) is 4.52. The van der Waals surface area contributed by atoms with Crippen LogP contribution in [0.3, 0.4) is 0 Å². The van der Waals surface area contributed by atoms with Crippen LogP contribution < -0.4 is 0 Å². The predicted octanol–water partition coefficient (Wildman–Crippen LogP) is 3.01. The Bertz CT molecular complexity index is 439. The van der Waals surface area contributed by atoms with Gasteiger partial charge in [0.05, 0.1) is 23.7 Å². The molecule has 2 atom stereocenters. The average Bonchev–Trinajstić information content (AvgIpc) is 2.87. The number of alkyl halides is 1. The predicted molar refractivity (Wildman–Crippen MR) is 78.5 cm³/mol. The van der Waals surface area contributed by atoms with E-state index >= 15 is 0 Å². The largest absolute Gasteiger partial charge is 0.390 e. The third-order valence-electron chi connectivity index (χ3n) is 4.61. The summed E-state index contributed by atoms with van der Waals surface area (Å²) in [4.78, 5) is 6.97. The van der Waals surface area contributed by atoms with Gasteiger partial charge in [0.25, 0.3) is 0 Å². The molecule has 1 aliphatic heterocycles. The van der Waals surface area contributed by atoms with Crippen molar-refractivity contribution in [2.45, 2.75) is 50.1 Å². The van der Waals surface area contributed by atoms with Gasteiger partial charge in [-0.25, -0.2) is 4.98 Å². The summed E-state index contributed by atoms with van der Waals surface area (Å²) in [5.41, 5.74) is 0.603. The Balaban J connectivity index is 1.61. The van der Waals surface area contributed by atoms with Crippen LogP contribution in [0.2, 0.25) is 0 Å². The van der Waals surface area contributed by atoms with Crippen LogP contribution >= 0.6 is 22.9 Å². The van der Waals surface area contributed by atoms with Gasteiger partial charge in [-0.3, -0.25) is 4.90 Å². The molecule has 0 aromatic carbocycles. The van der Waals surface area contributed by atoms with Crippen molar-refractivity contribution in [2.24, 2.45) is 5.92 Å². The first-order chi connectivity index (χ1) is 9.19. The number of hydrogen-bond donors (Lipinski definition) is 1.